The Labute approximate surface area is 214 Å². The van der Waals surface area contributed by atoms with Gasteiger partial charge in [0.15, 0.2) is 15.8 Å². The molecule has 0 radical (unpaired) electrons. The molecular weight excluding hydrogens is 534 g/mol. The lowest BCUT2D eigenvalue weighted by Crippen LogP contribution is -2.19. The molecule has 0 spiro atoms. The van der Waals surface area contributed by atoms with Crippen molar-refractivity contribution in [3.05, 3.63) is 81.8 Å². The number of hydrogen-bond donors (Lipinski definition) is 1. The molecule has 0 aliphatic rings. The number of aromatic nitrogens is 1. The molecule has 174 valence electrons. The minimum absolute atomic E-state index is 0.204. The summed E-state index contributed by atoms with van der Waals surface area (Å²) in [7, 11) is 1.59. The number of benzene rings is 3. The second-order valence-corrected chi connectivity index (χ2v) is 10.4. The number of carbonyl (C=O) groups excluding carboxylic acids is 1. The largest absolute Gasteiger partial charge is 0.493 e. The molecule has 1 amide bonds. The third kappa shape index (κ3) is 6.37. The van der Waals surface area contributed by atoms with E-state index in [0.717, 1.165) is 30.2 Å². The maximum atomic E-state index is 12.2. The molecule has 0 bridgehead atoms. The Bertz CT molecular complexity index is 1290. The van der Waals surface area contributed by atoms with E-state index in [0.29, 0.717) is 18.1 Å². The fraction of sp³-hybridized carbons (Fsp3) is 0.160. The van der Waals surface area contributed by atoms with E-state index in [-0.39, 0.29) is 11.7 Å². The van der Waals surface area contributed by atoms with Crippen molar-refractivity contribution >= 4 is 61.4 Å². The van der Waals surface area contributed by atoms with Gasteiger partial charge < -0.3 is 9.47 Å². The first-order valence-electron chi connectivity index (χ1n) is 10.4. The van der Waals surface area contributed by atoms with Gasteiger partial charge in [-0.15, -0.1) is 11.3 Å². The van der Waals surface area contributed by atoms with Crippen LogP contribution in [0, 0.1) is 6.92 Å². The predicted molar refractivity (Wildman–Crippen MR) is 142 cm³/mol. The van der Waals surface area contributed by atoms with Crippen LogP contribution in [0.4, 0.5) is 0 Å². The third-order valence-corrected chi connectivity index (χ3v) is 7.53. The molecule has 0 saturated heterocycles. The van der Waals surface area contributed by atoms with Crippen LogP contribution in [0.2, 0.25) is 0 Å². The summed E-state index contributed by atoms with van der Waals surface area (Å²) < 4.78 is 14.2. The zero-order valence-electron chi connectivity index (χ0n) is 18.6. The summed E-state index contributed by atoms with van der Waals surface area (Å²) in [5.74, 6) is 1.21. The van der Waals surface area contributed by atoms with Crippen molar-refractivity contribution in [3.8, 4) is 11.5 Å². The first-order valence-corrected chi connectivity index (χ1v) is 13.0. The fourth-order valence-corrected chi connectivity index (χ4v) is 5.48. The van der Waals surface area contributed by atoms with Crippen LogP contribution in [-0.2, 0) is 11.4 Å². The molecule has 34 heavy (non-hydrogen) atoms. The first kappa shape index (κ1) is 24.3. The standard InChI is InChI=1S/C25H22BrN3O3S2/c1-16-7-9-17(10-8-16)14-32-24-19(26)11-18(12-21(24)31-2)13-27-29-23(30)15-33-25-28-20-5-3-4-6-22(20)34-25/h3-13H,14-15H2,1-2H3,(H,29,30)/b27-13-. The van der Waals surface area contributed by atoms with E-state index in [1.54, 1.807) is 30.7 Å². The van der Waals surface area contributed by atoms with Crippen molar-refractivity contribution in [1.29, 1.82) is 0 Å². The van der Waals surface area contributed by atoms with Gasteiger partial charge in [0.05, 0.1) is 33.8 Å². The molecule has 0 saturated carbocycles. The van der Waals surface area contributed by atoms with Crippen LogP contribution < -0.4 is 14.9 Å². The molecule has 1 N–H and O–H groups in total. The molecule has 4 aromatic rings. The molecule has 0 aliphatic heterocycles. The third-order valence-electron chi connectivity index (χ3n) is 4.76. The molecule has 1 heterocycles. The van der Waals surface area contributed by atoms with Crippen LogP contribution in [-0.4, -0.2) is 30.0 Å². The minimum Gasteiger partial charge on any atom is -0.493 e. The number of nitrogens with one attached hydrogen (secondary N) is 1. The number of hydrogen-bond acceptors (Lipinski definition) is 7. The lowest BCUT2D eigenvalue weighted by Gasteiger charge is -2.13. The van der Waals surface area contributed by atoms with Crippen LogP contribution >= 0.6 is 39.0 Å². The number of aryl methyl sites for hydroxylation is 1. The number of methoxy groups -OCH3 is 1. The van der Waals surface area contributed by atoms with Crippen molar-refractivity contribution < 1.29 is 14.3 Å². The molecule has 1 aromatic heterocycles. The Balaban J connectivity index is 1.33. The van der Waals surface area contributed by atoms with Crippen LogP contribution in [0.25, 0.3) is 10.2 Å². The van der Waals surface area contributed by atoms with E-state index in [4.69, 9.17) is 9.47 Å². The second-order valence-electron chi connectivity index (χ2n) is 7.34. The monoisotopic (exact) mass is 555 g/mol. The number of ether oxygens (including phenoxy) is 2. The van der Waals surface area contributed by atoms with Gasteiger partial charge in [-0.1, -0.05) is 53.7 Å². The van der Waals surface area contributed by atoms with Gasteiger partial charge in [-0.05, 0) is 58.2 Å². The predicted octanol–water partition coefficient (Wildman–Crippen LogP) is 6.20. The molecule has 0 fully saturated rings. The SMILES string of the molecule is COc1cc(/C=N\NC(=O)CSc2nc3ccccc3s2)cc(Br)c1OCc1ccc(C)cc1. The number of fused-ring (bicyclic) bond motifs is 1. The van der Waals surface area contributed by atoms with Gasteiger partial charge in [0.2, 0.25) is 0 Å². The Kier molecular flexibility index (Phi) is 8.21. The Morgan fingerprint density at radius 1 is 1.21 bits per heavy atom. The molecule has 3 aromatic carbocycles. The Hall–Kier alpha value is -2.88. The Morgan fingerprint density at radius 3 is 2.76 bits per heavy atom. The van der Waals surface area contributed by atoms with Gasteiger partial charge >= 0.3 is 0 Å². The van der Waals surface area contributed by atoms with Gasteiger partial charge in [0, 0.05) is 0 Å². The number of carbonyl (C=O) groups is 1. The van der Waals surface area contributed by atoms with E-state index < -0.39 is 0 Å². The van der Waals surface area contributed by atoms with E-state index >= 15 is 0 Å². The van der Waals surface area contributed by atoms with Gasteiger partial charge in [-0.25, -0.2) is 10.4 Å². The van der Waals surface area contributed by atoms with Crippen molar-refractivity contribution in [2.75, 3.05) is 12.9 Å². The molecule has 9 heteroatoms. The number of thioether (sulfide) groups is 1. The maximum Gasteiger partial charge on any atom is 0.250 e. The van der Waals surface area contributed by atoms with Crippen LogP contribution in [0.3, 0.4) is 0 Å². The van der Waals surface area contributed by atoms with Gasteiger partial charge in [0.1, 0.15) is 6.61 Å². The van der Waals surface area contributed by atoms with Crippen LogP contribution in [0.15, 0.2) is 74.6 Å². The average molecular weight is 557 g/mol. The lowest BCUT2D eigenvalue weighted by molar-refractivity contribution is -0.118. The topological polar surface area (TPSA) is 72.8 Å². The summed E-state index contributed by atoms with van der Waals surface area (Å²) in [4.78, 5) is 16.7. The number of hydrazone groups is 1. The minimum atomic E-state index is -0.204. The summed E-state index contributed by atoms with van der Waals surface area (Å²) in [6.07, 6.45) is 1.57. The number of halogens is 1. The smallest absolute Gasteiger partial charge is 0.250 e. The lowest BCUT2D eigenvalue weighted by atomic mass is 10.2. The fourth-order valence-electron chi connectivity index (χ4n) is 3.05. The number of nitrogens with zero attached hydrogens (tertiary/aromatic N) is 2. The normalized spacial score (nSPS) is 11.1. The van der Waals surface area contributed by atoms with Gasteiger partial charge in [0.25, 0.3) is 5.91 Å². The quantitative estimate of drug-likeness (QED) is 0.151. The van der Waals surface area contributed by atoms with Crippen LogP contribution in [0.1, 0.15) is 16.7 Å². The molecule has 0 aliphatic carbocycles. The number of para-hydroxylation sites is 1. The van der Waals surface area contributed by atoms with E-state index in [1.165, 1.54) is 17.3 Å². The Morgan fingerprint density at radius 2 is 2.00 bits per heavy atom. The van der Waals surface area contributed by atoms with E-state index in [2.05, 4.69) is 50.5 Å². The number of amides is 1. The summed E-state index contributed by atoms with van der Waals surface area (Å²) in [5, 5.41) is 4.07. The van der Waals surface area contributed by atoms with Crippen molar-refractivity contribution in [1.82, 2.24) is 10.4 Å². The summed E-state index contributed by atoms with van der Waals surface area (Å²) in [5.41, 5.74) is 6.52. The van der Waals surface area contributed by atoms with Crippen molar-refractivity contribution in [3.63, 3.8) is 0 Å². The van der Waals surface area contributed by atoms with Crippen LogP contribution in [0.5, 0.6) is 11.5 Å². The maximum absolute atomic E-state index is 12.2. The highest BCUT2D eigenvalue weighted by Crippen LogP contribution is 2.37. The second kappa shape index (κ2) is 11.5. The zero-order valence-corrected chi connectivity index (χ0v) is 21.8. The first-order chi connectivity index (χ1) is 16.5. The summed E-state index contributed by atoms with van der Waals surface area (Å²) >= 11 is 6.51. The molecule has 6 nitrogen and oxygen atoms in total. The summed E-state index contributed by atoms with van der Waals surface area (Å²) in [6, 6.07) is 19.8. The molecule has 0 atom stereocenters. The highest BCUT2D eigenvalue weighted by molar-refractivity contribution is 9.10. The summed E-state index contributed by atoms with van der Waals surface area (Å²) in [6.45, 7) is 2.47. The average Bonchev–Trinajstić information content (AvgIpc) is 3.26. The van der Waals surface area contributed by atoms with Gasteiger partial charge in [-0.2, -0.15) is 5.10 Å². The highest BCUT2D eigenvalue weighted by atomic mass is 79.9. The number of thiazole rings is 1. The highest BCUT2D eigenvalue weighted by Gasteiger charge is 2.12. The molecule has 0 unspecified atom stereocenters. The van der Waals surface area contributed by atoms with E-state index in [9.17, 15) is 4.79 Å². The van der Waals surface area contributed by atoms with Crippen molar-refractivity contribution in [2.45, 2.75) is 17.9 Å². The van der Waals surface area contributed by atoms with Gasteiger partial charge in [-0.3, -0.25) is 4.79 Å². The van der Waals surface area contributed by atoms with E-state index in [1.807, 2.05) is 42.5 Å². The zero-order chi connectivity index (χ0) is 23.9. The molecular formula is C25H22BrN3O3S2. The molecule has 4 rings (SSSR count). The van der Waals surface area contributed by atoms with Crippen molar-refractivity contribution in [2.24, 2.45) is 5.10 Å². The number of rotatable bonds is 9.